The van der Waals surface area contributed by atoms with Crippen molar-refractivity contribution in [2.24, 2.45) is 5.73 Å². The first-order chi connectivity index (χ1) is 10.1. The van der Waals surface area contributed by atoms with E-state index in [4.69, 9.17) is 5.73 Å². The molecule has 1 aliphatic heterocycles. The molecule has 2 rings (SSSR count). The highest BCUT2D eigenvalue weighted by molar-refractivity contribution is 5.14. The van der Waals surface area contributed by atoms with Gasteiger partial charge in [0.25, 0.3) is 0 Å². The van der Waals surface area contributed by atoms with Crippen LogP contribution in [0.1, 0.15) is 18.4 Å². The van der Waals surface area contributed by atoms with Gasteiger partial charge in [0.05, 0.1) is 0 Å². The Morgan fingerprint density at radius 3 is 2.43 bits per heavy atom. The summed E-state index contributed by atoms with van der Waals surface area (Å²) in [6.45, 7) is 6.12. The molecule has 0 amide bonds. The molecule has 3 N–H and O–H groups in total. The van der Waals surface area contributed by atoms with Crippen molar-refractivity contribution in [2.75, 3.05) is 46.8 Å². The lowest BCUT2D eigenvalue weighted by molar-refractivity contribution is 0.132. The zero-order chi connectivity index (χ0) is 15.1. The summed E-state index contributed by atoms with van der Waals surface area (Å²) in [6, 6.07) is 10.7. The third kappa shape index (κ3) is 5.08. The highest BCUT2D eigenvalue weighted by Gasteiger charge is 2.32. The molecule has 1 aliphatic rings. The molecule has 118 valence electrons. The van der Waals surface area contributed by atoms with Gasteiger partial charge in [-0.05, 0) is 32.5 Å². The van der Waals surface area contributed by atoms with Gasteiger partial charge in [-0.1, -0.05) is 30.3 Å². The van der Waals surface area contributed by atoms with Gasteiger partial charge in [-0.25, -0.2) is 0 Å². The number of nitrogens with one attached hydrogen (secondary N) is 1. The number of nitrogens with zero attached hydrogens (tertiary/aromatic N) is 2. The van der Waals surface area contributed by atoms with Gasteiger partial charge >= 0.3 is 0 Å². The first-order valence-corrected chi connectivity index (χ1v) is 8.00. The Morgan fingerprint density at radius 1 is 1.19 bits per heavy atom. The monoisotopic (exact) mass is 290 g/mol. The number of likely N-dealkylation sites (N-methyl/N-ethyl adjacent to an activating group) is 1. The zero-order valence-corrected chi connectivity index (χ0v) is 13.5. The van der Waals surface area contributed by atoms with Crippen LogP contribution >= 0.6 is 0 Å². The summed E-state index contributed by atoms with van der Waals surface area (Å²) in [4.78, 5) is 4.75. The van der Waals surface area contributed by atoms with Crippen LogP contribution < -0.4 is 11.1 Å². The molecule has 1 fully saturated rings. The zero-order valence-electron chi connectivity index (χ0n) is 13.5. The van der Waals surface area contributed by atoms with Gasteiger partial charge in [0.15, 0.2) is 0 Å². The molecule has 0 spiro atoms. The van der Waals surface area contributed by atoms with E-state index in [-0.39, 0.29) is 5.54 Å². The van der Waals surface area contributed by atoms with Crippen LogP contribution in [0.15, 0.2) is 30.3 Å². The van der Waals surface area contributed by atoms with Crippen LogP contribution in [0.2, 0.25) is 0 Å². The van der Waals surface area contributed by atoms with Crippen molar-refractivity contribution in [3.05, 3.63) is 35.9 Å². The molecule has 0 aromatic heterocycles. The van der Waals surface area contributed by atoms with Gasteiger partial charge in [0.2, 0.25) is 0 Å². The molecule has 0 bridgehead atoms. The van der Waals surface area contributed by atoms with E-state index >= 15 is 0 Å². The van der Waals surface area contributed by atoms with Crippen molar-refractivity contribution in [2.45, 2.75) is 24.9 Å². The summed E-state index contributed by atoms with van der Waals surface area (Å²) >= 11 is 0. The van der Waals surface area contributed by atoms with Crippen molar-refractivity contribution in [1.82, 2.24) is 15.1 Å². The number of piperidine rings is 1. The predicted molar refractivity (Wildman–Crippen MR) is 89.3 cm³/mol. The molecular weight excluding hydrogens is 260 g/mol. The van der Waals surface area contributed by atoms with Crippen LogP contribution in [0.4, 0.5) is 0 Å². The summed E-state index contributed by atoms with van der Waals surface area (Å²) in [5.74, 6) is 0. The molecule has 0 aliphatic carbocycles. The van der Waals surface area contributed by atoms with E-state index in [2.05, 4.69) is 59.5 Å². The first kappa shape index (κ1) is 16.4. The SMILES string of the molecule is CN(C)CCNC1(CN)CCN(Cc2ccccc2)CC1. The van der Waals surface area contributed by atoms with E-state index in [9.17, 15) is 0 Å². The maximum absolute atomic E-state index is 6.06. The maximum atomic E-state index is 6.06. The number of likely N-dealkylation sites (tertiary alicyclic amines) is 1. The molecule has 21 heavy (non-hydrogen) atoms. The van der Waals surface area contributed by atoms with Crippen LogP contribution in [-0.2, 0) is 6.54 Å². The van der Waals surface area contributed by atoms with E-state index in [1.54, 1.807) is 0 Å². The molecule has 4 nitrogen and oxygen atoms in total. The second-order valence-electron chi connectivity index (χ2n) is 6.48. The molecule has 0 saturated carbocycles. The fourth-order valence-electron chi connectivity index (χ4n) is 2.98. The van der Waals surface area contributed by atoms with Gasteiger partial charge in [-0.15, -0.1) is 0 Å². The minimum absolute atomic E-state index is 0.142. The van der Waals surface area contributed by atoms with Crippen LogP contribution in [0.3, 0.4) is 0 Å². The van der Waals surface area contributed by atoms with Gasteiger partial charge in [-0.3, -0.25) is 4.90 Å². The fourth-order valence-corrected chi connectivity index (χ4v) is 2.98. The summed E-state index contributed by atoms with van der Waals surface area (Å²) in [5.41, 5.74) is 7.60. The second kappa shape index (κ2) is 7.90. The molecule has 0 unspecified atom stereocenters. The average Bonchev–Trinajstić information content (AvgIpc) is 2.50. The molecule has 1 aromatic rings. The van der Waals surface area contributed by atoms with Crippen molar-refractivity contribution in [3.63, 3.8) is 0 Å². The smallest absolute Gasteiger partial charge is 0.0328 e. The fraction of sp³-hybridized carbons (Fsp3) is 0.647. The third-order valence-corrected chi connectivity index (χ3v) is 4.51. The Bertz CT molecular complexity index is 397. The summed E-state index contributed by atoms with van der Waals surface area (Å²) < 4.78 is 0. The van der Waals surface area contributed by atoms with Crippen LogP contribution in [0.5, 0.6) is 0 Å². The number of rotatable bonds is 7. The normalized spacial score (nSPS) is 19.0. The van der Waals surface area contributed by atoms with Gasteiger partial charge < -0.3 is 16.0 Å². The lowest BCUT2D eigenvalue weighted by Crippen LogP contribution is -2.58. The molecule has 0 atom stereocenters. The number of hydrogen-bond acceptors (Lipinski definition) is 4. The predicted octanol–water partition coefficient (Wildman–Crippen LogP) is 1.13. The van der Waals surface area contributed by atoms with Crippen molar-refractivity contribution in [3.8, 4) is 0 Å². The van der Waals surface area contributed by atoms with Gasteiger partial charge in [0, 0.05) is 44.8 Å². The summed E-state index contributed by atoms with van der Waals surface area (Å²) in [5, 5.41) is 3.71. The Morgan fingerprint density at radius 2 is 1.86 bits per heavy atom. The largest absolute Gasteiger partial charge is 0.329 e. The Balaban J connectivity index is 1.80. The minimum Gasteiger partial charge on any atom is -0.329 e. The maximum Gasteiger partial charge on any atom is 0.0328 e. The van der Waals surface area contributed by atoms with Crippen LogP contribution in [0.25, 0.3) is 0 Å². The summed E-state index contributed by atoms with van der Waals surface area (Å²) in [6.07, 6.45) is 2.29. The lowest BCUT2D eigenvalue weighted by Gasteiger charge is -2.42. The highest BCUT2D eigenvalue weighted by atomic mass is 15.2. The van der Waals surface area contributed by atoms with E-state index in [0.717, 1.165) is 52.1 Å². The van der Waals surface area contributed by atoms with E-state index in [1.165, 1.54) is 5.56 Å². The first-order valence-electron chi connectivity index (χ1n) is 8.00. The van der Waals surface area contributed by atoms with Crippen molar-refractivity contribution >= 4 is 0 Å². The molecule has 4 heteroatoms. The second-order valence-corrected chi connectivity index (χ2v) is 6.48. The average molecular weight is 290 g/mol. The topological polar surface area (TPSA) is 44.5 Å². The standard InChI is InChI=1S/C17H30N4/c1-20(2)13-10-19-17(15-18)8-11-21(12-9-17)14-16-6-4-3-5-7-16/h3-7,19H,8-15,18H2,1-2H3. The molecule has 1 saturated heterocycles. The van der Waals surface area contributed by atoms with Gasteiger partial charge in [-0.2, -0.15) is 0 Å². The third-order valence-electron chi connectivity index (χ3n) is 4.51. The molecule has 1 heterocycles. The quantitative estimate of drug-likeness (QED) is 0.790. The highest BCUT2D eigenvalue weighted by Crippen LogP contribution is 2.22. The van der Waals surface area contributed by atoms with Crippen LogP contribution in [-0.4, -0.2) is 62.2 Å². The number of nitrogens with two attached hydrogens (primary N) is 1. The lowest BCUT2D eigenvalue weighted by atomic mass is 9.87. The Hall–Kier alpha value is -0.940. The van der Waals surface area contributed by atoms with E-state index in [0.29, 0.717) is 0 Å². The Labute approximate surface area is 129 Å². The summed E-state index contributed by atoms with van der Waals surface area (Å²) in [7, 11) is 4.22. The van der Waals surface area contributed by atoms with E-state index < -0.39 is 0 Å². The van der Waals surface area contributed by atoms with Gasteiger partial charge in [0.1, 0.15) is 0 Å². The van der Waals surface area contributed by atoms with E-state index in [1.807, 2.05) is 0 Å². The van der Waals surface area contributed by atoms with Crippen molar-refractivity contribution in [1.29, 1.82) is 0 Å². The molecule has 1 aromatic carbocycles. The Kier molecular flexibility index (Phi) is 6.18. The van der Waals surface area contributed by atoms with Crippen LogP contribution in [0, 0.1) is 0 Å². The number of benzene rings is 1. The molecular formula is C17H30N4. The number of hydrogen-bond donors (Lipinski definition) is 2. The van der Waals surface area contributed by atoms with Crippen molar-refractivity contribution < 1.29 is 0 Å². The molecule has 0 radical (unpaired) electrons. The minimum atomic E-state index is 0.142.